The molecule has 0 radical (unpaired) electrons. The van der Waals surface area contributed by atoms with E-state index in [9.17, 15) is 14.4 Å². The maximum absolute atomic E-state index is 12.7. The van der Waals surface area contributed by atoms with Crippen LogP contribution in [0.5, 0.6) is 0 Å². The average Bonchev–Trinajstić information content (AvgIpc) is 3.18. The molecule has 0 bridgehead atoms. The molecule has 0 heterocycles. The summed E-state index contributed by atoms with van der Waals surface area (Å²) in [6, 6.07) is 0. The molecule has 332 valence electrons. The molecule has 0 spiro atoms. The van der Waals surface area contributed by atoms with Gasteiger partial charge in [-0.25, -0.2) is 0 Å². The first-order chi connectivity index (χ1) is 27.4. The quantitative estimate of drug-likeness (QED) is 0.0347. The molecule has 0 aliphatic carbocycles. The lowest BCUT2D eigenvalue weighted by Crippen LogP contribution is -2.30. The summed E-state index contributed by atoms with van der Waals surface area (Å²) >= 11 is 0. The Labute approximate surface area is 348 Å². The van der Waals surface area contributed by atoms with E-state index in [4.69, 9.17) is 14.2 Å². The van der Waals surface area contributed by atoms with Gasteiger partial charge < -0.3 is 14.2 Å². The Morgan fingerprint density at radius 3 is 0.875 bits per heavy atom. The predicted molar refractivity (Wildman–Crippen MR) is 238 cm³/mol. The summed E-state index contributed by atoms with van der Waals surface area (Å²) < 4.78 is 16.7. The van der Waals surface area contributed by atoms with Crippen molar-refractivity contribution in [3.05, 3.63) is 0 Å². The Bertz CT molecular complexity index is 841. The standard InChI is InChI=1S/C50H96O6/c1-5-7-9-11-13-15-21-27-31-35-39-43-50(53)56-47(44-54-48(51)41-37-33-29-24-14-12-10-8-6-2)45-55-49(52)42-38-34-30-26-23-20-18-16-17-19-22-25-28-32-36-40-46(3)4/h46-47H,5-45H2,1-4H3/t47-/m1/s1. The van der Waals surface area contributed by atoms with Crippen LogP contribution >= 0.6 is 0 Å². The van der Waals surface area contributed by atoms with Crippen molar-refractivity contribution in [1.29, 1.82) is 0 Å². The molecule has 6 heteroatoms. The Hall–Kier alpha value is -1.59. The summed E-state index contributed by atoms with van der Waals surface area (Å²) in [6.07, 6.45) is 45.2. The Balaban J connectivity index is 4.22. The molecule has 0 aliphatic rings. The summed E-state index contributed by atoms with van der Waals surface area (Å²) in [5.74, 6) is -0.00137. The van der Waals surface area contributed by atoms with Crippen LogP contribution in [0.25, 0.3) is 0 Å². The molecule has 0 aromatic rings. The van der Waals surface area contributed by atoms with E-state index in [0.29, 0.717) is 19.3 Å². The lowest BCUT2D eigenvalue weighted by Gasteiger charge is -2.18. The van der Waals surface area contributed by atoms with E-state index in [1.807, 2.05) is 0 Å². The predicted octanol–water partition coefficient (Wildman–Crippen LogP) is 15.9. The number of unbranched alkanes of at least 4 members (excludes halogenated alkanes) is 32. The third kappa shape index (κ3) is 43.5. The molecule has 56 heavy (non-hydrogen) atoms. The zero-order valence-electron chi connectivity index (χ0n) is 38.1. The largest absolute Gasteiger partial charge is 0.462 e. The van der Waals surface area contributed by atoms with Gasteiger partial charge in [0.2, 0.25) is 0 Å². The number of hydrogen-bond donors (Lipinski definition) is 0. The van der Waals surface area contributed by atoms with E-state index in [0.717, 1.165) is 63.7 Å². The fraction of sp³-hybridized carbons (Fsp3) is 0.940. The van der Waals surface area contributed by atoms with Crippen LogP contribution in [0.15, 0.2) is 0 Å². The van der Waals surface area contributed by atoms with Crippen LogP contribution in [-0.4, -0.2) is 37.2 Å². The zero-order valence-corrected chi connectivity index (χ0v) is 38.1. The Kier molecular flexibility index (Phi) is 43.2. The van der Waals surface area contributed by atoms with Crippen molar-refractivity contribution in [3.8, 4) is 0 Å². The van der Waals surface area contributed by atoms with Gasteiger partial charge in [-0.05, 0) is 25.2 Å². The molecule has 0 aliphatic heterocycles. The van der Waals surface area contributed by atoms with Gasteiger partial charge in [0.05, 0.1) is 0 Å². The second-order valence-electron chi connectivity index (χ2n) is 17.6. The molecule has 0 fully saturated rings. The van der Waals surface area contributed by atoms with Gasteiger partial charge >= 0.3 is 17.9 Å². The normalized spacial score (nSPS) is 11.9. The van der Waals surface area contributed by atoms with Gasteiger partial charge in [0, 0.05) is 19.3 Å². The number of ether oxygens (including phenoxy) is 3. The lowest BCUT2D eigenvalue weighted by atomic mass is 10.0. The van der Waals surface area contributed by atoms with Crippen molar-refractivity contribution in [2.75, 3.05) is 13.2 Å². The van der Waals surface area contributed by atoms with Gasteiger partial charge in [-0.1, -0.05) is 240 Å². The fourth-order valence-corrected chi connectivity index (χ4v) is 7.51. The van der Waals surface area contributed by atoms with Crippen molar-refractivity contribution in [3.63, 3.8) is 0 Å². The molecule has 0 rings (SSSR count). The highest BCUT2D eigenvalue weighted by Crippen LogP contribution is 2.17. The Morgan fingerprint density at radius 2 is 0.589 bits per heavy atom. The molecule has 0 aromatic heterocycles. The second-order valence-corrected chi connectivity index (χ2v) is 17.6. The maximum Gasteiger partial charge on any atom is 0.306 e. The number of carbonyl (C=O) groups excluding carboxylic acids is 3. The third-order valence-electron chi connectivity index (χ3n) is 11.3. The summed E-state index contributed by atoms with van der Waals surface area (Å²) in [4.78, 5) is 37.8. The fourth-order valence-electron chi connectivity index (χ4n) is 7.51. The highest BCUT2D eigenvalue weighted by molar-refractivity contribution is 5.71. The van der Waals surface area contributed by atoms with Crippen LogP contribution in [-0.2, 0) is 28.6 Å². The minimum absolute atomic E-state index is 0.0631. The molecule has 0 saturated heterocycles. The molecule has 0 amide bonds. The van der Waals surface area contributed by atoms with Gasteiger partial charge in [0.15, 0.2) is 6.10 Å². The average molecular weight is 793 g/mol. The van der Waals surface area contributed by atoms with E-state index < -0.39 is 6.10 Å². The van der Waals surface area contributed by atoms with Gasteiger partial charge in [0.1, 0.15) is 13.2 Å². The molecule has 0 N–H and O–H groups in total. The Morgan fingerprint density at radius 1 is 0.339 bits per heavy atom. The number of carbonyl (C=O) groups is 3. The van der Waals surface area contributed by atoms with Gasteiger partial charge in [-0.3, -0.25) is 14.4 Å². The van der Waals surface area contributed by atoms with Crippen LogP contribution in [0, 0.1) is 5.92 Å². The number of hydrogen-bond acceptors (Lipinski definition) is 6. The molecular formula is C50H96O6. The van der Waals surface area contributed by atoms with Crippen LogP contribution in [0.2, 0.25) is 0 Å². The van der Waals surface area contributed by atoms with E-state index in [-0.39, 0.29) is 31.1 Å². The molecular weight excluding hydrogens is 697 g/mol. The van der Waals surface area contributed by atoms with Crippen LogP contribution in [0.1, 0.15) is 278 Å². The maximum atomic E-state index is 12.7. The molecule has 1 atom stereocenters. The first kappa shape index (κ1) is 54.4. The summed E-state index contributed by atoms with van der Waals surface area (Å²) in [5, 5.41) is 0. The van der Waals surface area contributed by atoms with Gasteiger partial charge in [0.25, 0.3) is 0 Å². The zero-order chi connectivity index (χ0) is 41.0. The highest BCUT2D eigenvalue weighted by Gasteiger charge is 2.19. The molecule has 0 aromatic carbocycles. The van der Waals surface area contributed by atoms with Crippen molar-refractivity contribution < 1.29 is 28.6 Å². The third-order valence-corrected chi connectivity index (χ3v) is 11.3. The topological polar surface area (TPSA) is 78.9 Å². The van der Waals surface area contributed by atoms with Gasteiger partial charge in [-0.15, -0.1) is 0 Å². The molecule has 0 saturated carbocycles. The number of rotatable bonds is 45. The lowest BCUT2D eigenvalue weighted by molar-refractivity contribution is -0.167. The SMILES string of the molecule is CCCCCCCCCCCCCC(=O)O[C@H](COC(=O)CCCCCCCCCCC)COC(=O)CCCCCCCCCCCCCCCCCC(C)C. The minimum atomic E-state index is -0.759. The van der Waals surface area contributed by atoms with Crippen molar-refractivity contribution in [2.24, 2.45) is 5.92 Å². The highest BCUT2D eigenvalue weighted by atomic mass is 16.6. The van der Waals surface area contributed by atoms with Gasteiger partial charge in [-0.2, -0.15) is 0 Å². The number of esters is 3. The van der Waals surface area contributed by atoms with Crippen molar-refractivity contribution in [1.82, 2.24) is 0 Å². The van der Waals surface area contributed by atoms with Crippen LogP contribution in [0.3, 0.4) is 0 Å². The summed E-state index contributed by atoms with van der Waals surface area (Å²) in [5.41, 5.74) is 0. The van der Waals surface area contributed by atoms with E-state index >= 15 is 0 Å². The van der Waals surface area contributed by atoms with Crippen LogP contribution < -0.4 is 0 Å². The molecule has 6 nitrogen and oxygen atoms in total. The van der Waals surface area contributed by atoms with E-state index in [2.05, 4.69) is 27.7 Å². The van der Waals surface area contributed by atoms with Crippen molar-refractivity contribution in [2.45, 2.75) is 284 Å². The van der Waals surface area contributed by atoms with E-state index in [1.54, 1.807) is 0 Å². The van der Waals surface area contributed by atoms with Crippen LogP contribution in [0.4, 0.5) is 0 Å². The van der Waals surface area contributed by atoms with Crippen molar-refractivity contribution >= 4 is 17.9 Å². The first-order valence-corrected chi connectivity index (χ1v) is 24.9. The monoisotopic (exact) mass is 793 g/mol. The smallest absolute Gasteiger partial charge is 0.306 e. The minimum Gasteiger partial charge on any atom is -0.462 e. The second kappa shape index (κ2) is 44.5. The van der Waals surface area contributed by atoms with E-state index in [1.165, 1.54) is 173 Å². The first-order valence-electron chi connectivity index (χ1n) is 24.9. The summed E-state index contributed by atoms with van der Waals surface area (Å²) in [7, 11) is 0. The summed E-state index contributed by atoms with van der Waals surface area (Å²) in [6.45, 7) is 9.01. The molecule has 0 unspecified atom stereocenters.